The molecule has 0 aliphatic rings. The summed E-state index contributed by atoms with van der Waals surface area (Å²) in [5.74, 6) is -0.952. The number of aryl methyl sites for hydroxylation is 1. The lowest BCUT2D eigenvalue weighted by molar-refractivity contribution is -0.139. The second kappa shape index (κ2) is 19.6. The van der Waals surface area contributed by atoms with Crippen LogP contribution in [0.4, 0.5) is 0 Å². The predicted molar refractivity (Wildman–Crippen MR) is 139 cm³/mol. The van der Waals surface area contributed by atoms with Crippen molar-refractivity contribution in [2.24, 2.45) is 28.3 Å². The Morgan fingerprint density at radius 2 is 1.65 bits per heavy atom. The van der Waals surface area contributed by atoms with E-state index in [0.29, 0.717) is 31.7 Å². The van der Waals surface area contributed by atoms with Crippen LogP contribution in [-0.2, 0) is 19.6 Å². The zero-order valence-corrected chi connectivity index (χ0v) is 22.0. The Morgan fingerprint density at radius 3 is 1.92 bits per heavy atom. The van der Waals surface area contributed by atoms with Crippen LogP contribution in [0.5, 0.6) is 0 Å². The summed E-state index contributed by atoms with van der Waals surface area (Å²) in [6.07, 6.45) is 4.70. The topological polar surface area (TPSA) is 275 Å². The van der Waals surface area contributed by atoms with E-state index in [0.717, 1.165) is 5.89 Å². The lowest BCUT2D eigenvalue weighted by atomic mass is 10.1. The zero-order chi connectivity index (χ0) is 29.0. The standard InChI is InChI=1S/C6H14N4O2.C6H7NO2S.C6H13NO2.C4H5NO/c7-4(5(11)12)2-1-3-10-6(8)9;7-10(8,9)6-4-2-1-3-5-6;1-4(2)3-5(7)6(8)9;1-4-5-2-3-6-4/h4H,1-3,7H2,(H,11,12)(H4,8,9,10);1-5H,(H2,7,8,9);4-5H,3,7H2,1-2H3,(H,8,9);2-3H,1H3/t4-;;5-;/m0.0./s1. The summed E-state index contributed by atoms with van der Waals surface area (Å²) in [5, 5.41) is 30.8. The molecule has 15 heteroatoms. The van der Waals surface area contributed by atoms with Crippen molar-refractivity contribution in [1.82, 2.24) is 10.3 Å². The van der Waals surface area contributed by atoms with Crippen LogP contribution in [0.2, 0.25) is 0 Å². The van der Waals surface area contributed by atoms with Crippen LogP contribution in [0, 0.1) is 18.3 Å². The van der Waals surface area contributed by atoms with Crippen LogP contribution in [0.3, 0.4) is 0 Å². The molecule has 2 atom stereocenters. The molecule has 37 heavy (non-hydrogen) atoms. The Hall–Kier alpha value is -3.53. The molecule has 12 N–H and O–H groups in total. The van der Waals surface area contributed by atoms with Gasteiger partial charge in [0, 0.05) is 13.5 Å². The van der Waals surface area contributed by atoms with Gasteiger partial charge in [-0.1, -0.05) is 32.0 Å². The van der Waals surface area contributed by atoms with Gasteiger partial charge in [-0.25, -0.2) is 18.5 Å². The number of carbonyl (C=O) groups is 2. The molecular formula is C22H39N7O7S. The molecule has 0 spiro atoms. The Balaban J connectivity index is 0. The number of aromatic nitrogens is 1. The molecule has 14 nitrogen and oxygen atoms in total. The fraction of sp³-hybridized carbons (Fsp3) is 0.455. The van der Waals surface area contributed by atoms with E-state index in [1.807, 2.05) is 13.8 Å². The minimum Gasteiger partial charge on any atom is -0.480 e. The van der Waals surface area contributed by atoms with Crippen molar-refractivity contribution >= 4 is 27.9 Å². The summed E-state index contributed by atoms with van der Waals surface area (Å²) in [4.78, 5) is 24.2. The molecule has 0 bridgehead atoms. The molecule has 0 unspecified atom stereocenters. The fourth-order valence-electron chi connectivity index (χ4n) is 2.18. The van der Waals surface area contributed by atoms with Gasteiger partial charge in [-0.3, -0.25) is 15.0 Å². The van der Waals surface area contributed by atoms with Crippen molar-refractivity contribution in [3.8, 4) is 0 Å². The van der Waals surface area contributed by atoms with Gasteiger partial charge in [-0.2, -0.15) is 0 Å². The van der Waals surface area contributed by atoms with Crippen LogP contribution in [0.25, 0.3) is 0 Å². The van der Waals surface area contributed by atoms with Gasteiger partial charge in [0.05, 0.1) is 11.1 Å². The maximum absolute atomic E-state index is 10.6. The van der Waals surface area contributed by atoms with Crippen molar-refractivity contribution in [2.75, 3.05) is 6.54 Å². The third kappa shape index (κ3) is 22.7. The average Bonchev–Trinajstić information content (AvgIpc) is 3.28. The monoisotopic (exact) mass is 545 g/mol. The molecule has 0 fully saturated rings. The number of sulfonamides is 1. The van der Waals surface area contributed by atoms with E-state index in [1.165, 1.54) is 12.1 Å². The van der Waals surface area contributed by atoms with Crippen LogP contribution in [0.15, 0.2) is 52.1 Å². The van der Waals surface area contributed by atoms with Gasteiger partial charge in [-0.15, -0.1) is 0 Å². The second-order valence-corrected chi connectivity index (χ2v) is 9.47. The molecular weight excluding hydrogens is 506 g/mol. The lowest BCUT2D eigenvalue weighted by Gasteiger charge is -2.07. The zero-order valence-electron chi connectivity index (χ0n) is 21.2. The molecule has 0 saturated heterocycles. The third-order valence-corrected chi connectivity index (χ3v) is 4.92. The van der Waals surface area contributed by atoms with Gasteiger partial charge in [-0.05, 0) is 37.3 Å². The summed E-state index contributed by atoms with van der Waals surface area (Å²) in [7, 11) is -3.50. The quantitative estimate of drug-likeness (QED) is 0.121. The second-order valence-electron chi connectivity index (χ2n) is 7.91. The van der Waals surface area contributed by atoms with E-state index in [1.54, 1.807) is 37.6 Å². The normalized spacial score (nSPS) is 11.8. The molecule has 0 saturated carbocycles. The molecule has 2 aromatic rings. The molecule has 1 heterocycles. The highest BCUT2D eigenvalue weighted by Gasteiger charge is 2.12. The number of carboxylic acids is 2. The van der Waals surface area contributed by atoms with E-state index >= 15 is 0 Å². The van der Waals surface area contributed by atoms with Crippen molar-refractivity contribution in [3.05, 3.63) is 48.7 Å². The van der Waals surface area contributed by atoms with Crippen molar-refractivity contribution < 1.29 is 32.6 Å². The summed E-state index contributed by atoms with van der Waals surface area (Å²) in [6.45, 7) is 6.18. The van der Waals surface area contributed by atoms with Crippen LogP contribution in [0.1, 0.15) is 39.0 Å². The van der Waals surface area contributed by atoms with Gasteiger partial charge < -0.3 is 37.1 Å². The number of aliphatic carboxylic acids is 2. The number of rotatable bonds is 9. The fourth-order valence-corrected chi connectivity index (χ4v) is 2.72. The van der Waals surface area contributed by atoms with Gasteiger partial charge in [0.25, 0.3) is 0 Å². The Labute approximate surface area is 217 Å². The molecule has 0 radical (unpaired) electrons. The number of oxazole rings is 1. The van der Waals surface area contributed by atoms with Crippen molar-refractivity contribution in [3.63, 3.8) is 0 Å². The number of hydrogen-bond donors (Lipinski definition) is 8. The number of hydrogen-bond acceptors (Lipinski definition) is 9. The minimum absolute atomic E-state index is 0.112. The first-order valence-corrected chi connectivity index (χ1v) is 12.6. The molecule has 0 aliphatic carbocycles. The molecule has 1 aromatic heterocycles. The lowest BCUT2D eigenvalue weighted by Crippen LogP contribution is -2.34. The number of guanidine groups is 1. The Kier molecular flexibility index (Phi) is 18.9. The van der Waals surface area contributed by atoms with Crippen LogP contribution < -0.4 is 27.7 Å². The van der Waals surface area contributed by atoms with Crippen LogP contribution >= 0.6 is 0 Å². The third-order valence-electron chi connectivity index (χ3n) is 3.99. The highest BCUT2D eigenvalue weighted by molar-refractivity contribution is 7.89. The van der Waals surface area contributed by atoms with Crippen LogP contribution in [-0.4, -0.2) is 60.1 Å². The number of primary sulfonamides is 1. The highest BCUT2D eigenvalue weighted by atomic mass is 32.2. The van der Waals surface area contributed by atoms with Gasteiger partial charge in [0.2, 0.25) is 10.0 Å². The van der Waals surface area contributed by atoms with Gasteiger partial charge in [0.15, 0.2) is 11.9 Å². The Morgan fingerprint density at radius 1 is 1.11 bits per heavy atom. The maximum atomic E-state index is 10.6. The SMILES string of the molecule is CC(C)C[C@H](N)C(=O)O.Cc1ncco1.N=C(N)NCCC[C@H](N)C(=O)O.NS(=O)(=O)c1ccccc1. The summed E-state index contributed by atoms with van der Waals surface area (Å²) in [5.41, 5.74) is 15.4. The number of carboxylic acid groups (broad SMARTS) is 2. The molecule has 2 rings (SSSR count). The molecule has 0 aliphatic heterocycles. The number of nitrogens with one attached hydrogen (secondary N) is 2. The van der Waals surface area contributed by atoms with E-state index in [9.17, 15) is 18.0 Å². The summed E-state index contributed by atoms with van der Waals surface area (Å²) in [6, 6.07) is 6.38. The van der Waals surface area contributed by atoms with Gasteiger partial charge >= 0.3 is 11.9 Å². The summed E-state index contributed by atoms with van der Waals surface area (Å²) >= 11 is 0. The first-order chi connectivity index (χ1) is 17.1. The van der Waals surface area contributed by atoms with Gasteiger partial charge in [0.1, 0.15) is 18.3 Å². The largest absolute Gasteiger partial charge is 0.480 e. The van der Waals surface area contributed by atoms with E-state index in [-0.39, 0.29) is 10.9 Å². The van der Waals surface area contributed by atoms with E-state index in [2.05, 4.69) is 10.3 Å². The van der Waals surface area contributed by atoms with E-state index in [4.69, 9.17) is 42.4 Å². The summed E-state index contributed by atoms with van der Waals surface area (Å²) < 4.78 is 25.9. The predicted octanol–water partition coefficient (Wildman–Crippen LogP) is 0.423. The Bertz CT molecular complexity index is 1000. The number of nitrogens with zero attached hydrogens (tertiary/aromatic N) is 1. The molecule has 210 valence electrons. The highest BCUT2D eigenvalue weighted by Crippen LogP contribution is 2.03. The van der Waals surface area contributed by atoms with E-state index < -0.39 is 34.0 Å². The molecule has 0 amide bonds. The number of benzene rings is 1. The first-order valence-electron chi connectivity index (χ1n) is 11.1. The number of nitrogens with two attached hydrogens (primary N) is 4. The smallest absolute Gasteiger partial charge is 0.320 e. The first kappa shape index (κ1) is 35.6. The molecule has 1 aromatic carbocycles. The van der Waals surface area contributed by atoms with Crippen molar-refractivity contribution in [1.29, 1.82) is 5.41 Å². The minimum atomic E-state index is -3.50. The maximum Gasteiger partial charge on any atom is 0.320 e. The van der Waals surface area contributed by atoms with Crippen molar-refractivity contribution in [2.45, 2.75) is 57.0 Å². The average molecular weight is 546 g/mol.